The molecule has 1 aliphatic heterocycles. The Morgan fingerprint density at radius 2 is 1.56 bits per heavy atom. The lowest BCUT2D eigenvalue weighted by Crippen LogP contribution is -2.49. The maximum absolute atomic E-state index is 13.9. The fraction of sp³-hybridized carbons (Fsp3) is 0.226. The number of hydrogen-bond donors (Lipinski definition) is 1. The van der Waals surface area contributed by atoms with Gasteiger partial charge in [-0.2, -0.15) is 0 Å². The van der Waals surface area contributed by atoms with Crippen LogP contribution in [-0.4, -0.2) is 44.8 Å². The molecule has 2 amide bonds. The van der Waals surface area contributed by atoms with Crippen molar-refractivity contribution in [1.29, 1.82) is 0 Å². The van der Waals surface area contributed by atoms with Gasteiger partial charge in [0.2, 0.25) is 11.8 Å². The van der Waals surface area contributed by atoms with E-state index in [2.05, 4.69) is 5.32 Å². The average molecular weight is 611 g/mol. The molecule has 7 nitrogen and oxygen atoms in total. The average Bonchev–Trinajstić information content (AvgIpc) is 3.19. The van der Waals surface area contributed by atoms with Crippen LogP contribution in [-0.2, 0) is 32.6 Å². The van der Waals surface area contributed by atoms with Crippen molar-refractivity contribution in [1.82, 2.24) is 10.2 Å². The first-order valence-electron chi connectivity index (χ1n) is 13.2. The highest BCUT2D eigenvalue weighted by Crippen LogP contribution is 2.42. The van der Waals surface area contributed by atoms with Crippen LogP contribution in [0.4, 0.5) is 5.69 Å². The number of rotatable bonds is 10. The van der Waals surface area contributed by atoms with Gasteiger partial charge < -0.3 is 10.2 Å². The van der Waals surface area contributed by atoms with Crippen molar-refractivity contribution in [2.24, 2.45) is 0 Å². The Morgan fingerprint density at radius 3 is 2.24 bits per heavy atom. The van der Waals surface area contributed by atoms with Crippen molar-refractivity contribution in [2.45, 2.75) is 36.7 Å². The second-order valence-electron chi connectivity index (χ2n) is 9.85. The van der Waals surface area contributed by atoms with E-state index in [4.69, 9.17) is 23.2 Å². The molecule has 212 valence electrons. The number of amides is 2. The van der Waals surface area contributed by atoms with Gasteiger partial charge in [0, 0.05) is 54.0 Å². The van der Waals surface area contributed by atoms with Crippen LogP contribution in [0.1, 0.15) is 24.0 Å². The Kier molecular flexibility index (Phi) is 8.54. The molecule has 1 N–H and O–H groups in total. The minimum atomic E-state index is -3.74. The van der Waals surface area contributed by atoms with Gasteiger partial charge in [0.05, 0.1) is 10.6 Å². The molecule has 0 aromatic heterocycles. The van der Waals surface area contributed by atoms with Gasteiger partial charge in [-0.3, -0.25) is 13.9 Å². The number of benzene rings is 4. The summed E-state index contributed by atoms with van der Waals surface area (Å²) in [6.45, 7) is 0.140. The number of sulfonamides is 1. The van der Waals surface area contributed by atoms with Gasteiger partial charge in [-0.05, 0) is 41.6 Å². The Balaban J connectivity index is 1.40. The minimum Gasteiger partial charge on any atom is -0.357 e. The largest absolute Gasteiger partial charge is 0.357 e. The van der Waals surface area contributed by atoms with Crippen molar-refractivity contribution in [3.05, 3.63) is 106 Å². The second kappa shape index (κ2) is 12.1. The molecular formula is C31H29Cl2N3O4S. The lowest BCUT2D eigenvalue weighted by atomic mass is 10.0. The zero-order valence-corrected chi connectivity index (χ0v) is 24.7. The zero-order chi connectivity index (χ0) is 29.1. The van der Waals surface area contributed by atoms with Gasteiger partial charge in [0.1, 0.15) is 6.04 Å². The first-order chi connectivity index (χ1) is 19.7. The van der Waals surface area contributed by atoms with Crippen LogP contribution in [0.5, 0.6) is 0 Å². The van der Waals surface area contributed by atoms with E-state index >= 15 is 0 Å². The van der Waals surface area contributed by atoms with E-state index in [0.717, 1.165) is 10.9 Å². The summed E-state index contributed by atoms with van der Waals surface area (Å²) < 4.78 is 28.1. The molecule has 0 saturated heterocycles. The maximum atomic E-state index is 13.9. The van der Waals surface area contributed by atoms with Crippen LogP contribution >= 0.6 is 23.2 Å². The third-order valence-electron chi connectivity index (χ3n) is 7.34. The monoisotopic (exact) mass is 609 g/mol. The maximum Gasteiger partial charge on any atom is 0.265 e. The van der Waals surface area contributed by atoms with Crippen LogP contribution < -0.4 is 9.62 Å². The molecule has 0 unspecified atom stereocenters. The molecule has 4 aromatic carbocycles. The highest BCUT2D eigenvalue weighted by Gasteiger charge is 2.36. The number of carbonyl (C=O) groups is 2. The molecule has 5 rings (SSSR count). The van der Waals surface area contributed by atoms with Crippen molar-refractivity contribution in [3.63, 3.8) is 0 Å². The molecule has 0 bridgehead atoms. The predicted octanol–water partition coefficient (Wildman–Crippen LogP) is 5.82. The number of likely N-dealkylation sites (N-methyl/N-ethyl adjacent to an activating group) is 1. The highest BCUT2D eigenvalue weighted by molar-refractivity contribution is 7.93. The summed E-state index contributed by atoms with van der Waals surface area (Å²) in [5, 5.41) is 5.00. The molecule has 1 aliphatic rings. The first-order valence-corrected chi connectivity index (χ1v) is 15.4. The normalized spacial score (nSPS) is 14.2. The lowest BCUT2D eigenvalue weighted by molar-refractivity contribution is -0.141. The van der Waals surface area contributed by atoms with Crippen LogP contribution in [0, 0.1) is 0 Å². The van der Waals surface area contributed by atoms with Crippen molar-refractivity contribution < 1.29 is 18.0 Å². The summed E-state index contributed by atoms with van der Waals surface area (Å²) in [5.74, 6) is -0.632. The van der Waals surface area contributed by atoms with Crippen molar-refractivity contribution in [2.75, 3.05) is 17.9 Å². The van der Waals surface area contributed by atoms with E-state index in [9.17, 15) is 18.0 Å². The van der Waals surface area contributed by atoms with Gasteiger partial charge in [0.25, 0.3) is 10.0 Å². The fourth-order valence-electron chi connectivity index (χ4n) is 5.29. The Morgan fingerprint density at radius 1 is 0.902 bits per heavy atom. The van der Waals surface area contributed by atoms with E-state index in [0.29, 0.717) is 26.7 Å². The Labute approximate surface area is 249 Å². The Bertz CT molecular complexity index is 1690. The number of nitrogens with zero attached hydrogens (tertiary/aromatic N) is 2. The predicted molar refractivity (Wildman–Crippen MR) is 163 cm³/mol. The molecule has 41 heavy (non-hydrogen) atoms. The third-order valence-corrected chi connectivity index (χ3v) is 9.90. The SMILES string of the molecule is CNC(=O)[C@H](Cc1ccccc1)N(Cc1c(Cl)cccc1Cl)C(=O)CCCN1c2cccc3cccc(c23)S1(=O)=O. The van der Waals surface area contributed by atoms with Crippen molar-refractivity contribution in [3.8, 4) is 0 Å². The van der Waals surface area contributed by atoms with E-state index in [1.54, 1.807) is 36.4 Å². The summed E-state index contributed by atoms with van der Waals surface area (Å²) in [6.07, 6.45) is 0.551. The molecule has 4 aromatic rings. The fourth-order valence-corrected chi connectivity index (χ4v) is 7.56. The van der Waals surface area contributed by atoms with Crippen LogP contribution in [0.2, 0.25) is 10.0 Å². The van der Waals surface area contributed by atoms with Crippen LogP contribution in [0.15, 0.2) is 89.8 Å². The molecule has 10 heteroatoms. The summed E-state index contributed by atoms with van der Waals surface area (Å²) in [7, 11) is -2.21. The van der Waals surface area contributed by atoms with Crippen LogP contribution in [0.25, 0.3) is 10.8 Å². The summed E-state index contributed by atoms with van der Waals surface area (Å²) >= 11 is 12.9. The van der Waals surface area contributed by atoms with Gasteiger partial charge in [-0.15, -0.1) is 0 Å². The van der Waals surface area contributed by atoms with E-state index < -0.39 is 16.1 Å². The number of halogens is 2. The first kappa shape index (κ1) is 28.9. The zero-order valence-electron chi connectivity index (χ0n) is 22.4. The number of anilines is 1. The minimum absolute atomic E-state index is 0.0166. The summed E-state index contributed by atoms with van der Waals surface area (Å²) in [6, 6.07) is 24.4. The number of hydrogen-bond acceptors (Lipinski definition) is 4. The lowest BCUT2D eigenvalue weighted by Gasteiger charge is -2.32. The van der Waals surface area contributed by atoms with Crippen LogP contribution in [0.3, 0.4) is 0 Å². The van der Waals surface area contributed by atoms with Crippen molar-refractivity contribution >= 4 is 61.5 Å². The molecule has 0 spiro atoms. The number of carbonyl (C=O) groups excluding carboxylic acids is 2. The highest BCUT2D eigenvalue weighted by atomic mass is 35.5. The molecule has 0 fully saturated rings. The smallest absolute Gasteiger partial charge is 0.265 e. The van der Waals surface area contributed by atoms with E-state index in [1.165, 1.54) is 16.3 Å². The van der Waals surface area contributed by atoms with Gasteiger partial charge in [0.15, 0.2) is 0 Å². The Hall–Kier alpha value is -3.59. The van der Waals surface area contributed by atoms with Gasteiger partial charge in [-0.25, -0.2) is 8.42 Å². The van der Waals surface area contributed by atoms with Gasteiger partial charge >= 0.3 is 0 Å². The second-order valence-corrected chi connectivity index (χ2v) is 12.5. The summed E-state index contributed by atoms with van der Waals surface area (Å²) in [5.41, 5.74) is 2.03. The standard InChI is InChI=1S/C31H29Cl2N3O4S/c1-34-31(38)27(19-21-9-3-2-4-10-21)35(20-23-24(32)13-7-14-25(23)33)29(37)17-8-18-36-26-15-5-11-22-12-6-16-28(30(22)26)41(36,39)40/h2-7,9-16,27H,8,17-20H2,1H3,(H,34,38)/t27-/m0/s1. The van der Waals surface area contributed by atoms with E-state index in [-0.39, 0.29) is 49.1 Å². The third kappa shape index (κ3) is 5.77. The molecule has 0 aliphatic carbocycles. The van der Waals surface area contributed by atoms with E-state index in [1.807, 2.05) is 48.5 Å². The molecule has 0 radical (unpaired) electrons. The molecular weight excluding hydrogens is 581 g/mol. The quantitative estimate of drug-likeness (QED) is 0.245. The molecule has 1 atom stereocenters. The molecule has 0 saturated carbocycles. The number of nitrogens with one attached hydrogen (secondary N) is 1. The summed E-state index contributed by atoms with van der Waals surface area (Å²) in [4.78, 5) is 28.8. The molecule has 1 heterocycles. The topological polar surface area (TPSA) is 86.8 Å². The van der Waals surface area contributed by atoms with Gasteiger partial charge in [-0.1, -0.05) is 83.9 Å².